The highest BCUT2D eigenvalue weighted by molar-refractivity contribution is 5.76. The first-order valence-electron chi connectivity index (χ1n) is 5.99. The molecule has 0 aromatic carbocycles. The van der Waals surface area contributed by atoms with Gasteiger partial charge in [-0.2, -0.15) is 0 Å². The molecule has 5 unspecified atom stereocenters. The Morgan fingerprint density at radius 3 is 3.00 bits per heavy atom. The lowest BCUT2D eigenvalue weighted by atomic mass is 9.88. The molecule has 0 spiro atoms. The molecular formula is C12H18O3. The van der Waals surface area contributed by atoms with Crippen LogP contribution in [0.25, 0.3) is 0 Å². The fraction of sp³-hybridized carbons (Fsp3) is 0.917. The first kappa shape index (κ1) is 9.64. The van der Waals surface area contributed by atoms with Gasteiger partial charge in [0.2, 0.25) is 0 Å². The predicted octanol–water partition coefficient (Wildman–Crippen LogP) is 1.61. The van der Waals surface area contributed by atoms with Crippen LogP contribution in [0.15, 0.2) is 0 Å². The zero-order valence-corrected chi connectivity index (χ0v) is 9.31. The number of hydrogen-bond acceptors (Lipinski definition) is 3. The molecule has 1 saturated heterocycles. The van der Waals surface area contributed by atoms with Gasteiger partial charge < -0.3 is 9.47 Å². The molecular weight excluding hydrogens is 192 g/mol. The van der Waals surface area contributed by atoms with Crippen molar-refractivity contribution in [1.82, 2.24) is 0 Å². The van der Waals surface area contributed by atoms with E-state index in [1.807, 2.05) is 0 Å². The largest absolute Gasteiger partial charge is 0.459 e. The van der Waals surface area contributed by atoms with E-state index in [0.29, 0.717) is 17.8 Å². The summed E-state index contributed by atoms with van der Waals surface area (Å²) in [6.45, 7) is 5.08. The molecule has 84 valence electrons. The Morgan fingerprint density at radius 1 is 1.47 bits per heavy atom. The Hall–Kier alpha value is -0.570. The van der Waals surface area contributed by atoms with Crippen LogP contribution in [0.1, 0.15) is 26.7 Å². The quantitative estimate of drug-likeness (QED) is 0.664. The van der Waals surface area contributed by atoms with Gasteiger partial charge in [-0.25, -0.2) is 0 Å². The molecule has 3 aliphatic rings. The Balaban J connectivity index is 1.70. The van der Waals surface area contributed by atoms with Crippen molar-refractivity contribution in [2.24, 2.45) is 23.7 Å². The van der Waals surface area contributed by atoms with Crippen molar-refractivity contribution in [2.45, 2.75) is 38.9 Å². The molecule has 3 heteroatoms. The van der Waals surface area contributed by atoms with Gasteiger partial charge in [0.15, 0.2) is 0 Å². The van der Waals surface area contributed by atoms with Crippen LogP contribution in [-0.2, 0) is 14.3 Å². The summed E-state index contributed by atoms with van der Waals surface area (Å²) in [5.74, 6) is 1.84. The Kier molecular flexibility index (Phi) is 2.06. The Bertz CT molecular complexity index is 287. The lowest BCUT2D eigenvalue weighted by molar-refractivity contribution is -0.147. The lowest BCUT2D eigenvalue weighted by Gasteiger charge is -2.26. The third kappa shape index (κ3) is 1.32. The number of fused-ring (bicyclic) bond motifs is 1. The number of ether oxygens (including phenoxy) is 2. The van der Waals surface area contributed by atoms with E-state index in [9.17, 15) is 4.79 Å². The molecule has 0 radical (unpaired) electrons. The summed E-state index contributed by atoms with van der Waals surface area (Å²) >= 11 is 0. The van der Waals surface area contributed by atoms with Crippen molar-refractivity contribution in [2.75, 3.05) is 6.61 Å². The molecule has 2 bridgehead atoms. The SMILES string of the molecule is CC(C)COC1C2CC3C(=O)OC1C3C2. The highest BCUT2D eigenvalue weighted by Gasteiger charge is 2.62. The molecule has 5 atom stereocenters. The number of hydrogen-bond donors (Lipinski definition) is 0. The Labute approximate surface area is 90.1 Å². The smallest absolute Gasteiger partial charge is 0.309 e. The molecule has 0 N–H and O–H groups in total. The van der Waals surface area contributed by atoms with Crippen LogP contribution >= 0.6 is 0 Å². The molecule has 0 amide bonds. The second kappa shape index (κ2) is 3.21. The van der Waals surface area contributed by atoms with E-state index < -0.39 is 0 Å². The van der Waals surface area contributed by atoms with Crippen molar-refractivity contribution in [3.63, 3.8) is 0 Å². The van der Waals surface area contributed by atoms with Gasteiger partial charge in [0.25, 0.3) is 0 Å². The van der Waals surface area contributed by atoms with Crippen LogP contribution in [0.2, 0.25) is 0 Å². The number of rotatable bonds is 3. The zero-order valence-electron chi connectivity index (χ0n) is 9.31. The maximum atomic E-state index is 11.5. The average molecular weight is 210 g/mol. The first-order chi connectivity index (χ1) is 7.16. The molecule has 3 rings (SSSR count). The fourth-order valence-electron chi connectivity index (χ4n) is 3.44. The maximum Gasteiger partial charge on any atom is 0.309 e. The van der Waals surface area contributed by atoms with Crippen molar-refractivity contribution >= 4 is 5.97 Å². The Morgan fingerprint density at radius 2 is 2.27 bits per heavy atom. The van der Waals surface area contributed by atoms with E-state index in [1.54, 1.807) is 0 Å². The number of esters is 1. The second-order valence-corrected chi connectivity index (χ2v) is 5.60. The zero-order chi connectivity index (χ0) is 10.6. The van der Waals surface area contributed by atoms with Crippen LogP contribution in [-0.4, -0.2) is 24.8 Å². The predicted molar refractivity (Wildman–Crippen MR) is 54.2 cm³/mol. The van der Waals surface area contributed by atoms with Crippen molar-refractivity contribution in [3.8, 4) is 0 Å². The van der Waals surface area contributed by atoms with Crippen LogP contribution in [0.5, 0.6) is 0 Å². The molecule has 0 aromatic rings. The summed E-state index contributed by atoms with van der Waals surface area (Å²) in [6.07, 6.45) is 2.42. The summed E-state index contributed by atoms with van der Waals surface area (Å²) < 4.78 is 11.3. The van der Waals surface area contributed by atoms with E-state index in [-0.39, 0.29) is 24.1 Å². The van der Waals surface area contributed by atoms with Gasteiger partial charge >= 0.3 is 5.97 Å². The van der Waals surface area contributed by atoms with E-state index in [1.165, 1.54) is 0 Å². The highest BCUT2D eigenvalue weighted by atomic mass is 16.6. The number of carbonyl (C=O) groups excluding carboxylic acids is 1. The van der Waals surface area contributed by atoms with Crippen molar-refractivity contribution in [1.29, 1.82) is 0 Å². The topological polar surface area (TPSA) is 35.5 Å². The van der Waals surface area contributed by atoms with Gasteiger partial charge in [-0.15, -0.1) is 0 Å². The minimum absolute atomic E-state index is 0.0307. The maximum absolute atomic E-state index is 11.5. The van der Waals surface area contributed by atoms with E-state index in [0.717, 1.165) is 19.4 Å². The van der Waals surface area contributed by atoms with Crippen molar-refractivity contribution in [3.05, 3.63) is 0 Å². The minimum Gasteiger partial charge on any atom is -0.459 e. The lowest BCUT2D eigenvalue weighted by Crippen LogP contribution is -2.35. The molecule has 1 heterocycles. The average Bonchev–Trinajstić information content (AvgIpc) is 2.75. The second-order valence-electron chi connectivity index (χ2n) is 5.60. The van der Waals surface area contributed by atoms with Crippen LogP contribution in [0.4, 0.5) is 0 Å². The van der Waals surface area contributed by atoms with E-state index in [4.69, 9.17) is 9.47 Å². The van der Waals surface area contributed by atoms with Gasteiger partial charge in [-0.3, -0.25) is 4.79 Å². The molecule has 2 aliphatic carbocycles. The van der Waals surface area contributed by atoms with Crippen LogP contribution in [0, 0.1) is 23.7 Å². The summed E-state index contributed by atoms with van der Waals surface area (Å²) in [5, 5.41) is 0. The minimum atomic E-state index is 0.0307. The molecule has 0 aromatic heterocycles. The molecule has 1 aliphatic heterocycles. The molecule has 3 fully saturated rings. The monoisotopic (exact) mass is 210 g/mol. The normalized spacial score (nSPS) is 46.6. The molecule has 15 heavy (non-hydrogen) atoms. The van der Waals surface area contributed by atoms with Crippen molar-refractivity contribution < 1.29 is 14.3 Å². The van der Waals surface area contributed by atoms with Gasteiger partial charge in [-0.05, 0) is 24.7 Å². The molecule has 2 saturated carbocycles. The van der Waals surface area contributed by atoms with Gasteiger partial charge in [-0.1, -0.05) is 13.8 Å². The van der Waals surface area contributed by atoms with Crippen LogP contribution < -0.4 is 0 Å². The summed E-state index contributed by atoms with van der Waals surface area (Å²) in [5.41, 5.74) is 0. The fourth-order valence-corrected chi connectivity index (χ4v) is 3.44. The standard InChI is InChI=1S/C12H18O3/c1-6(2)5-14-10-7-3-8-9(4-7)12(13)15-11(8)10/h6-11H,3-5H2,1-2H3. The third-order valence-corrected chi connectivity index (χ3v) is 4.04. The summed E-state index contributed by atoms with van der Waals surface area (Å²) in [7, 11) is 0. The third-order valence-electron chi connectivity index (χ3n) is 4.04. The van der Waals surface area contributed by atoms with Gasteiger partial charge in [0.1, 0.15) is 6.10 Å². The first-order valence-corrected chi connectivity index (χ1v) is 5.99. The number of carbonyl (C=O) groups is 1. The highest BCUT2D eigenvalue weighted by Crippen LogP contribution is 2.55. The van der Waals surface area contributed by atoms with Gasteiger partial charge in [0.05, 0.1) is 12.0 Å². The van der Waals surface area contributed by atoms with E-state index >= 15 is 0 Å². The summed E-state index contributed by atoms with van der Waals surface area (Å²) in [6, 6.07) is 0. The van der Waals surface area contributed by atoms with E-state index in [2.05, 4.69) is 13.8 Å². The van der Waals surface area contributed by atoms with Gasteiger partial charge in [0, 0.05) is 12.5 Å². The van der Waals surface area contributed by atoms with Crippen LogP contribution in [0.3, 0.4) is 0 Å². The molecule has 3 nitrogen and oxygen atoms in total. The summed E-state index contributed by atoms with van der Waals surface area (Å²) in [4.78, 5) is 11.5.